The molecule has 94 valence electrons. The molecule has 0 bridgehead atoms. The third kappa shape index (κ3) is 2.39. The molecule has 0 unspecified atom stereocenters. The molecule has 0 saturated carbocycles. The second-order valence-corrected chi connectivity index (χ2v) is 3.90. The van der Waals surface area contributed by atoms with Crippen LogP contribution in [0.5, 0.6) is 0 Å². The summed E-state index contributed by atoms with van der Waals surface area (Å²) in [5.74, 6) is 0.626. The monoisotopic (exact) mass is 253 g/mol. The van der Waals surface area contributed by atoms with Crippen LogP contribution < -0.4 is 5.43 Å². The summed E-state index contributed by atoms with van der Waals surface area (Å²) in [4.78, 5) is 3.97. The first kappa shape index (κ1) is 11.3. The highest BCUT2D eigenvalue weighted by Crippen LogP contribution is 2.05. The van der Waals surface area contributed by atoms with Gasteiger partial charge < -0.3 is 0 Å². The van der Waals surface area contributed by atoms with E-state index in [0.29, 0.717) is 11.5 Å². The number of pyridine rings is 1. The summed E-state index contributed by atoms with van der Waals surface area (Å²) >= 11 is 0. The van der Waals surface area contributed by atoms with Gasteiger partial charge in [0.25, 0.3) is 0 Å². The normalized spacial score (nSPS) is 11.7. The zero-order chi connectivity index (χ0) is 13.1. The minimum Gasteiger partial charge on any atom is -0.265 e. The zero-order valence-electron chi connectivity index (χ0n) is 10.2. The molecule has 19 heavy (non-hydrogen) atoms. The van der Waals surface area contributed by atoms with Crippen molar-refractivity contribution < 1.29 is 0 Å². The summed E-state index contributed by atoms with van der Waals surface area (Å²) in [6.07, 6.45) is 5.01. The molecule has 7 heteroatoms. The Morgan fingerprint density at radius 2 is 2.05 bits per heavy atom. The van der Waals surface area contributed by atoms with Gasteiger partial charge in [-0.3, -0.25) is 10.4 Å². The fraction of sp³-hybridized carbons (Fsp3) is 0.0833. The first-order valence-electron chi connectivity index (χ1n) is 5.71. The van der Waals surface area contributed by atoms with Crippen LogP contribution in [0.15, 0.2) is 48.1 Å². The molecule has 3 rings (SSSR count). The van der Waals surface area contributed by atoms with Gasteiger partial charge in [-0.25, -0.2) is 0 Å². The van der Waals surface area contributed by atoms with Gasteiger partial charge in [-0.1, -0.05) is 0 Å². The second kappa shape index (κ2) is 4.81. The van der Waals surface area contributed by atoms with Gasteiger partial charge in [-0.05, 0) is 31.2 Å². The minimum absolute atomic E-state index is 0.626. The van der Waals surface area contributed by atoms with E-state index in [1.807, 2.05) is 25.1 Å². The van der Waals surface area contributed by atoms with Crippen molar-refractivity contribution in [2.45, 2.75) is 6.92 Å². The van der Waals surface area contributed by atoms with Gasteiger partial charge in [0, 0.05) is 18.0 Å². The molecule has 0 atom stereocenters. The van der Waals surface area contributed by atoms with Gasteiger partial charge in [0.15, 0.2) is 11.5 Å². The summed E-state index contributed by atoms with van der Waals surface area (Å²) in [6, 6.07) is 7.42. The number of fused-ring (bicyclic) bond motifs is 1. The van der Waals surface area contributed by atoms with Crippen LogP contribution in [-0.4, -0.2) is 30.5 Å². The minimum atomic E-state index is 0.626. The number of hydrazone groups is 1. The van der Waals surface area contributed by atoms with Gasteiger partial charge >= 0.3 is 0 Å². The molecule has 0 aliphatic rings. The van der Waals surface area contributed by atoms with E-state index in [9.17, 15) is 0 Å². The Kier molecular flexibility index (Phi) is 2.85. The van der Waals surface area contributed by atoms with Crippen LogP contribution in [-0.2, 0) is 0 Å². The van der Waals surface area contributed by atoms with E-state index in [0.717, 1.165) is 11.3 Å². The van der Waals surface area contributed by atoms with Gasteiger partial charge in [0.2, 0.25) is 0 Å². The zero-order valence-corrected chi connectivity index (χ0v) is 10.2. The molecule has 0 amide bonds. The van der Waals surface area contributed by atoms with Crippen LogP contribution >= 0.6 is 0 Å². The average Bonchev–Trinajstić information content (AvgIpc) is 2.93. The summed E-state index contributed by atoms with van der Waals surface area (Å²) in [6.45, 7) is 1.92. The molecular weight excluding hydrogens is 242 g/mol. The van der Waals surface area contributed by atoms with E-state index in [2.05, 4.69) is 30.8 Å². The van der Waals surface area contributed by atoms with Crippen molar-refractivity contribution in [2.75, 3.05) is 5.43 Å². The predicted molar refractivity (Wildman–Crippen MR) is 70.9 cm³/mol. The highest BCUT2D eigenvalue weighted by Gasteiger charge is 1.99. The number of anilines is 1. The topological polar surface area (TPSA) is 80.4 Å². The standard InChI is InChI=1S/C12H11N7/c1-9(10-4-6-13-7-5-10)15-16-11-2-3-12-17-14-8-19(12)18-11/h2-8H,1H3,(H,16,18). The van der Waals surface area contributed by atoms with E-state index in [4.69, 9.17) is 0 Å². The second-order valence-electron chi connectivity index (χ2n) is 3.90. The van der Waals surface area contributed by atoms with Gasteiger partial charge in [0.1, 0.15) is 6.33 Å². The van der Waals surface area contributed by atoms with Crippen molar-refractivity contribution in [3.05, 3.63) is 48.5 Å². The molecule has 0 radical (unpaired) electrons. The molecular formula is C12H11N7. The van der Waals surface area contributed by atoms with Crippen molar-refractivity contribution in [3.8, 4) is 0 Å². The van der Waals surface area contributed by atoms with E-state index in [1.54, 1.807) is 29.3 Å². The summed E-state index contributed by atoms with van der Waals surface area (Å²) in [7, 11) is 0. The van der Waals surface area contributed by atoms with Crippen molar-refractivity contribution in [2.24, 2.45) is 5.10 Å². The Labute approximate surface area is 109 Å². The number of rotatable bonds is 3. The number of aromatic nitrogens is 5. The van der Waals surface area contributed by atoms with Crippen LogP contribution in [0.25, 0.3) is 5.65 Å². The van der Waals surface area contributed by atoms with E-state index < -0.39 is 0 Å². The molecule has 3 aromatic rings. The lowest BCUT2D eigenvalue weighted by Gasteiger charge is -2.02. The fourth-order valence-electron chi connectivity index (χ4n) is 1.59. The maximum atomic E-state index is 4.28. The lowest BCUT2D eigenvalue weighted by atomic mass is 10.2. The summed E-state index contributed by atoms with van der Waals surface area (Å²) in [5, 5.41) is 16.2. The molecule has 0 saturated heterocycles. The Morgan fingerprint density at radius 1 is 1.21 bits per heavy atom. The molecule has 7 nitrogen and oxygen atoms in total. The van der Waals surface area contributed by atoms with Crippen LogP contribution in [0.2, 0.25) is 0 Å². The molecule has 0 aliphatic heterocycles. The number of hydrogen-bond acceptors (Lipinski definition) is 6. The number of nitrogens with one attached hydrogen (secondary N) is 1. The molecule has 0 aliphatic carbocycles. The predicted octanol–water partition coefficient (Wildman–Crippen LogP) is 1.36. The Bertz CT molecular complexity index is 717. The molecule has 0 spiro atoms. The lowest BCUT2D eigenvalue weighted by Crippen LogP contribution is -2.02. The highest BCUT2D eigenvalue weighted by atomic mass is 15.4. The molecule has 1 N–H and O–H groups in total. The van der Waals surface area contributed by atoms with E-state index in [1.165, 1.54) is 0 Å². The lowest BCUT2D eigenvalue weighted by molar-refractivity contribution is 0.924. The smallest absolute Gasteiger partial charge is 0.177 e. The van der Waals surface area contributed by atoms with Crippen molar-refractivity contribution >= 4 is 17.2 Å². The van der Waals surface area contributed by atoms with Crippen molar-refractivity contribution in [1.82, 2.24) is 24.8 Å². The van der Waals surface area contributed by atoms with Gasteiger partial charge in [0.05, 0.1) is 5.71 Å². The van der Waals surface area contributed by atoms with Crippen molar-refractivity contribution in [1.29, 1.82) is 0 Å². The third-order valence-corrected chi connectivity index (χ3v) is 2.60. The first-order chi connectivity index (χ1) is 9.33. The summed E-state index contributed by atoms with van der Waals surface area (Å²) in [5.41, 5.74) is 5.46. The maximum Gasteiger partial charge on any atom is 0.177 e. The highest BCUT2D eigenvalue weighted by molar-refractivity contribution is 5.98. The largest absolute Gasteiger partial charge is 0.265 e. The Morgan fingerprint density at radius 3 is 2.89 bits per heavy atom. The number of hydrogen-bond donors (Lipinski definition) is 1. The van der Waals surface area contributed by atoms with Crippen LogP contribution in [0.3, 0.4) is 0 Å². The van der Waals surface area contributed by atoms with Crippen molar-refractivity contribution in [3.63, 3.8) is 0 Å². The Hall–Kier alpha value is -2.83. The molecule has 3 aromatic heterocycles. The average molecular weight is 253 g/mol. The molecule has 0 aromatic carbocycles. The molecule has 0 fully saturated rings. The first-order valence-corrected chi connectivity index (χ1v) is 5.71. The fourth-order valence-corrected chi connectivity index (χ4v) is 1.59. The van der Waals surface area contributed by atoms with Gasteiger partial charge in [-0.2, -0.15) is 9.62 Å². The summed E-state index contributed by atoms with van der Waals surface area (Å²) < 4.78 is 1.58. The van der Waals surface area contributed by atoms with Crippen LogP contribution in [0.4, 0.5) is 5.82 Å². The molecule has 3 heterocycles. The van der Waals surface area contributed by atoms with Crippen LogP contribution in [0, 0.1) is 0 Å². The third-order valence-electron chi connectivity index (χ3n) is 2.60. The maximum absolute atomic E-state index is 4.28. The van der Waals surface area contributed by atoms with E-state index >= 15 is 0 Å². The van der Waals surface area contributed by atoms with Crippen LogP contribution in [0.1, 0.15) is 12.5 Å². The number of nitrogens with zero attached hydrogens (tertiary/aromatic N) is 6. The van der Waals surface area contributed by atoms with E-state index in [-0.39, 0.29) is 0 Å². The Balaban J connectivity index is 1.81. The van der Waals surface area contributed by atoms with Gasteiger partial charge in [-0.15, -0.1) is 15.3 Å². The SMILES string of the molecule is CC(=NNc1ccc2nncn2n1)c1ccncc1. The quantitative estimate of drug-likeness (QED) is 0.563.